The predicted octanol–water partition coefficient (Wildman–Crippen LogP) is 3.49. The Morgan fingerprint density at radius 2 is 2.39 bits per heavy atom. The minimum absolute atomic E-state index is 0.0715. The number of carbonyl (C=O) groups is 1. The van der Waals surface area contributed by atoms with Gasteiger partial charge in [-0.05, 0) is 53.4 Å². The molecule has 18 heavy (non-hydrogen) atoms. The fourth-order valence-electron chi connectivity index (χ4n) is 1.97. The molecule has 3 nitrogen and oxygen atoms in total. The molecule has 0 spiro atoms. The first kappa shape index (κ1) is 13.5. The fraction of sp³-hybridized carbons (Fsp3) is 0.462. The first-order chi connectivity index (χ1) is 8.65. The molecule has 5 heteroatoms. The average Bonchev–Trinajstić information content (AvgIpc) is 2.83. The van der Waals surface area contributed by atoms with Crippen LogP contribution in [0.3, 0.4) is 0 Å². The Balaban J connectivity index is 1.82. The molecular weight excluding hydrogens is 301 g/mol. The molecule has 0 aromatic heterocycles. The van der Waals surface area contributed by atoms with Crippen molar-refractivity contribution < 1.29 is 13.9 Å². The van der Waals surface area contributed by atoms with E-state index in [1.165, 1.54) is 12.1 Å². The van der Waals surface area contributed by atoms with E-state index in [0.717, 1.165) is 25.9 Å². The predicted molar refractivity (Wildman–Crippen MR) is 70.9 cm³/mol. The van der Waals surface area contributed by atoms with Crippen molar-refractivity contribution in [1.29, 1.82) is 0 Å². The van der Waals surface area contributed by atoms with Crippen LogP contribution in [0.15, 0.2) is 22.7 Å². The SMILES string of the molecule is O=C(CCC1CCCO1)Nc1ccc(F)cc1Br. The highest BCUT2D eigenvalue weighted by Crippen LogP contribution is 2.23. The summed E-state index contributed by atoms with van der Waals surface area (Å²) < 4.78 is 18.9. The summed E-state index contributed by atoms with van der Waals surface area (Å²) in [5.74, 6) is -0.406. The quantitative estimate of drug-likeness (QED) is 0.923. The highest BCUT2D eigenvalue weighted by Gasteiger charge is 2.17. The topological polar surface area (TPSA) is 38.3 Å². The van der Waals surface area contributed by atoms with E-state index in [1.807, 2.05) is 0 Å². The number of hydrogen-bond donors (Lipinski definition) is 1. The number of ether oxygens (including phenoxy) is 1. The van der Waals surface area contributed by atoms with Crippen LogP contribution in [0, 0.1) is 5.82 Å². The van der Waals surface area contributed by atoms with Crippen molar-refractivity contribution in [3.8, 4) is 0 Å². The Hall–Kier alpha value is -0.940. The van der Waals surface area contributed by atoms with Gasteiger partial charge in [-0.15, -0.1) is 0 Å². The van der Waals surface area contributed by atoms with Gasteiger partial charge in [-0.2, -0.15) is 0 Å². The average molecular weight is 316 g/mol. The molecule has 1 aromatic carbocycles. The van der Waals surface area contributed by atoms with Crippen LogP contribution in [0.25, 0.3) is 0 Å². The maximum Gasteiger partial charge on any atom is 0.224 e. The maximum absolute atomic E-state index is 12.9. The van der Waals surface area contributed by atoms with Gasteiger partial charge in [0.05, 0.1) is 11.8 Å². The van der Waals surface area contributed by atoms with Crippen LogP contribution in [0.2, 0.25) is 0 Å². The summed E-state index contributed by atoms with van der Waals surface area (Å²) >= 11 is 3.21. The zero-order valence-corrected chi connectivity index (χ0v) is 11.5. The van der Waals surface area contributed by atoms with Crippen molar-refractivity contribution in [2.24, 2.45) is 0 Å². The largest absolute Gasteiger partial charge is 0.378 e. The number of benzene rings is 1. The van der Waals surface area contributed by atoms with Gasteiger partial charge in [-0.1, -0.05) is 0 Å². The van der Waals surface area contributed by atoms with Gasteiger partial charge in [0.15, 0.2) is 0 Å². The van der Waals surface area contributed by atoms with E-state index in [0.29, 0.717) is 16.6 Å². The molecule has 0 bridgehead atoms. The highest BCUT2D eigenvalue weighted by molar-refractivity contribution is 9.10. The third-order valence-corrected chi connectivity index (χ3v) is 3.58. The lowest BCUT2D eigenvalue weighted by atomic mass is 10.1. The Morgan fingerprint density at radius 1 is 1.56 bits per heavy atom. The van der Waals surface area contributed by atoms with E-state index >= 15 is 0 Å². The van der Waals surface area contributed by atoms with Gasteiger partial charge >= 0.3 is 0 Å². The molecule has 1 heterocycles. The van der Waals surface area contributed by atoms with Crippen LogP contribution in [0.1, 0.15) is 25.7 Å². The minimum Gasteiger partial charge on any atom is -0.378 e. The van der Waals surface area contributed by atoms with Crippen molar-refractivity contribution in [3.05, 3.63) is 28.5 Å². The van der Waals surface area contributed by atoms with Gasteiger partial charge in [-0.25, -0.2) is 4.39 Å². The summed E-state index contributed by atoms with van der Waals surface area (Å²) in [6.07, 6.45) is 3.50. The van der Waals surface area contributed by atoms with E-state index in [9.17, 15) is 9.18 Å². The van der Waals surface area contributed by atoms with Crippen LogP contribution in [0.5, 0.6) is 0 Å². The molecule has 2 rings (SSSR count). The smallest absolute Gasteiger partial charge is 0.224 e. The standard InChI is InChI=1S/C13H15BrFNO2/c14-11-8-9(15)3-5-12(11)16-13(17)6-4-10-2-1-7-18-10/h3,5,8,10H,1-2,4,6-7H2,(H,16,17). The van der Waals surface area contributed by atoms with E-state index < -0.39 is 0 Å². The first-order valence-corrected chi connectivity index (χ1v) is 6.81. The van der Waals surface area contributed by atoms with Gasteiger partial charge < -0.3 is 10.1 Å². The Labute approximate surface area is 114 Å². The molecule has 0 saturated carbocycles. The third kappa shape index (κ3) is 3.78. The molecule has 1 aliphatic rings. The Kier molecular flexibility index (Phi) is 4.72. The Morgan fingerprint density at radius 3 is 3.06 bits per heavy atom. The molecule has 1 aromatic rings. The van der Waals surface area contributed by atoms with Crippen molar-refractivity contribution in [3.63, 3.8) is 0 Å². The number of amides is 1. The van der Waals surface area contributed by atoms with Crippen molar-refractivity contribution in [2.75, 3.05) is 11.9 Å². The maximum atomic E-state index is 12.9. The van der Waals surface area contributed by atoms with Crippen molar-refractivity contribution in [1.82, 2.24) is 0 Å². The van der Waals surface area contributed by atoms with E-state index in [-0.39, 0.29) is 17.8 Å². The molecule has 0 radical (unpaired) electrons. The van der Waals surface area contributed by atoms with Gasteiger partial charge in [0, 0.05) is 17.5 Å². The normalized spacial score (nSPS) is 18.9. The van der Waals surface area contributed by atoms with Crippen LogP contribution < -0.4 is 5.32 Å². The lowest BCUT2D eigenvalue weighted by Gasteiger charge is -2.10. The second-order valence-electron chi connectivity index (χ2n) is 4.35. The third-order valence-electron chi connectivity index (χ3n) is 2.92. The number of carbonyl (C=O) groups excluding carboxylic acids is 1. The van der Waals surface area contributed by atoms with Crippen LogP contribution in [0.4, 0.5) is 10.1 Å². The first-order valence-electron chi connectivity index (χ1n) is 6.01. The second kappa shape index (κ2) is 6.29. The summed E-state index contributed by atoms with van der Waals surface area (Å²) in [5.41, 5.74) is 0.591. The highest BCUT2D eigenvalue weighted by atomic mass is 79.9. The molecule has 0 aliphatic carbocycles. The summed E-state index contributed by atoms with van der Waals surface area (Å²) in [7, 11) is 0. The number of halogens is 2. The van der Waals surface area contributed by atoms with E-state index in [4.69, 9.17) is 4.74 Å². The van der Waals surface area contributed by atoms with Crippen LogP contribution in [-0.4, -0.2) is 18.6 Å². The van der Waals surface area contributed by atoms with Gasteiger partial charge in [0.25, 0.3) is 0 Å². The fourth-order valence-corrected chi connectivity index (χ4v) is 2.42. The summed E-state index contributed by atoms with van der Waals surface area (Å²) in [6.45, 7) is 0.801. The molecule has 1 fully saturated rings. The van der Waals surface area contributed by atoms with Crippen molar-refractivity contribution in [2.45, 2.75) is 31.8 Å². The molecule has 1 saturated heterocycles. The minimum atomic E-state index is -0.334. The van der Waals surface area contributed by atoms with E-state index in [1.54, 1.807) is 6.07 Å². The summed E-state index contributed by atoms with van der Waals surface area (Å²) in [4.78, 5) is 11.7. The zero-order chi connectivity index (χ0) is 13.0. The molecule has 1 amide bonds. The van der Waals surface area contributed by atoms with Crippen molar-refractivity contribution >= 4 is 27.5 Å². The van der Waals surface area contributed by atoms with Gasteiger partial charge in [-0.3, -0.25) is 4.79 Å². The van der Waals surface area contributed by atoms with Crippen LogP contribution in [-0.2, 0) is 9.53 Å². The number of rotatable bonds is 4. The number of anilines is 1. The molecule has 1 atom stereocenters. The second-order valence-corrected chi connectivity index (χ2v) is 5.20. The lowest BCUT2D eigenvalue weighted by molar-refractivity contribution is -0.116. The molecule has 1 N–H and O–H groups in total. The Bertz CT molecular complexity index is 433. The summed E-state index contributed by atoms with van der Waals surface area (Å²) in [5, 5.41) is 2.75. The van der Waals surface area contributed by atoms with Gasteiger partial charge in [0.1, 0.15) is 5.82 Å². The zero-order valence-electron chi connectivity index (χ0n) is 9.92. The lowest BCUT2D eigenvalue weighted by Crippen LogP contribution is -2.15. The molecule has 1 unspecified atom stereocenters. The van der Waals surface area contributed by atoms with Gasteiger partial charge in [0.2, 0.25) is 5.91 Å². The number of hydrogen-bond acceptors (Lipinski definition) is 2. The molecule has 98 valence electrons. The van der Waals surface area contributed by atoms with Crippen LogP contribution >= 0.6 is 15.9 Å². The molecule has 1 aliphatic heterocycles. The molecular formula is C13H15BrFNO2. The monoisotopic (exact) mass is 315 g/mol. The number of nitrogens with one attached hydrogen (secondary N) is 1. The summed E-state index contributed by atoms with van der Waals surface area (Å²) in [6, 6.07) is 4.19. The van der Waals surface area contributed by atoms with E-state index in [2.05, 4.69) is 21.2 Å².